The molecule has 0 aliphatic carbocycles. The van der Waals surface area contributed by atoms with Crippen molar-refractivity contribution < 1.29 is 53.4 Å². The van der Waals surface area contributed by atoms with Crippen LogP contribution in [0.3, 0.4) is 0 Å². The highest BCUT2D eigenvalue weighted by atomic mass is 32.2. The van der Waals surface area contributed by atoms with Gasteiger partial charge in [0.1, 0.15) is 5.75 Å². The van der Waals surface area contributed by atoms with Gasteiger partial charge in [-0.25, -0.2) is 13.2 Å². The van der Waals surface area contributed by atoms with Gasteiger partial charge in [0.25, 0.3) is 0 Å². The number of rotatable bonds is 13. The first-order chi connectivity index (χ1) is 22.1. The number of methoxy groups -OCH3 is 1. The van der Waals surface area contributed by atoms with Crippen molar-refractivity contribution >= 4 is 16.1 Å². The minimum Gasteiger partial charge on any atom is -0.497 e. The number of aliphatic hydroxyl groups is 1. The van der Waals surface area contributed by atoms with Gasteiger partial charge < -0.3 is 14.9 Å². The number of hydrogen-bond acceptors (Lipinski definition) is 5. The van der Waals surface area contributed by atoms with Crippen molar-refractivity contribution in [3.63, 3.8) is 0 Å². The summed E-state index contributed by atoms with van der Waals surface area (Å²) in [5.41, 5.74) is -3.63. The fourth-order valence-electron chi connectivity index (χ4n) is 2.95. The molecule has 0 radical (unpaired) electrons. The van der Waals surface area contributed by atoms with Crippen molar-refractivity contribution in [2.45, 2.75) is 49.7 Å². The summed E-state index contributed by atoms with van der Waals surface area (Å²) in [5.74, 6) is -2.98. The maximum absolute atomic E-state index is 13.9. The van der Waals surface area contributed by atoms with E-state index in [1.54, 1.807) is 0 Å². The van der Waals surface area contributed by atoms with E-state index in [0.717, 1.165) is 32.9 Å². The molecule has 2 N–H and O–H groups in total. The summed E-state index contributed by atoms with van der Waals surface area (Å²) >= 11 is 0. The van der Waals surface area contributed by atoms with Gasteiger partial charge in [0.05, 0.1) is 48.4 Å². The first-order valence-corrected chi connectivity index (χ1v) is 12.1. The van der Waals surface area contributed by atoms with Gasteiger partial charge in [-0.2, -0.15) is 4.31 Å². The van der Waals surface area contributed by atoms with Crippen LogP contribution in [-0.4, -0.2) is 85.0 Å². The zero-order valence-corrected chi connectivity index (χ0v) is 21.1. The third-order valence-corrected chi connectivity index (χ3v) is 6.38. The molecular formula is C26H36F2N2O6S. The summed E-state index contributed by atoms with van der Waals surface area (Å²) in [7, 11) is -7.58. The molecule has 2 rings (SSSR count). The summed E-state index contributed by atoms with van der Waals surface area (Å²) in [6.07, 6.45) is -11.2. The highest BCUT2D eigenvalue weighted by molar-refractivity contribution is 7.89. The minimum absolute atomic E-state index is 0.278. The fraction of sp³-hybridized carbons (Fsp3) is 0.500. The smallest absolute Gasteiger partial charge is 0.408 e. The second-order valence-corrected chi connectivity index (χ2v) is 10.4. The number of ether oxygens (including phenoxy) is 1. The predicted molar refractivity (Wildman–Crippen MR) is 137 cm³/mol. The Labute approximate surface area is 234 Å². The Bertz CT molecular complexity index is 1600. The van der Waals surface area contributed by atoms with Crippen LogP contribution in [0.4, 0.5) is 13.6 Å². The Hall–Kier alpha value is -2.76. The molecule has 11 heteroatoms. The van der Waals surface area contributed by atoms with Crippen molar-refractivity contribution in [2.75, 3.05) is 33.5 Å². The molecule has 0 aliphatic heterocycles. The van der Waals surface area contributed by atoms with Crippen LogP contribution in [0.2, 0.25) is 0 Å². The molecule has 37 heavy (non-hydrogen) atoms. The average Bonchev–Trinajstić information content (AvgIpc) is 2.97. The number of sulfonamides is 1. The monoisotopic (exact) mass is 554 g/mol. The molecule has 1 amide bonds. The lowest BCUT2D eigenvalue weighted by molar-refractivity contribution is -0.000124. The Morgan fingerprint density at radius 1 is 1.19 bits per heavy atom. The van der Waals surface area contributed by atoms with E-state index >= 15 is 0 Å². The van der Waals surface area contributed by atoms with Gasteiger partial charge in [0.15, 0.2) is 0 Å². The van der Waals surface area contributed by atoms with Crippen LogP contribution in [-0.2, 0) is 16.4 Å². The maximum Gasteiger partial charge on any atom is 0.408 e. The second kappa shape index (κ2) is 13.2. The van der Waals surface area contributed by atoms with Gasteiger partial charge in [-0.3, -0.25) is 13.7 Å². The number of nitrogens with zero attached hydrogens (tertiary/aromatic N) is 2. The number of carbonyl (C=O) groups is 1. The van der Waals surface area contributed by atoms with E-state index in [1.165, 1.54) is 18.2 Å². The summed E-state index contributed by atoms with van der Waals surface area (Å²) in [6, 6.07) is -4.22. The SMILES string of the molecule is [2H]c1c([2H])c(C([2H])([2H])[C@]([2H])(N(C(=O)O)C(C)(C)C)[C@]([2H])(O)C([2H])([2H])N(CC(CF)CF)S(=O)(=O)c2ccccc2)c([2H])c([2H])c1OC([2H])[2H]. The van der Waals surface area contributed by atoms with Crippen LogP contribution in [0.15, 0.2) is 59.4 Å². The van der Waals surface area contributed by atoms with Crippen molar-refractivity contribution in [2.24, 2.45) is 5.92 Å². The normalized spacial score (nSPS) is 21.2. The molecule has 0 spiro atoms. The topological polar surface area (TPSA) is 107 Å². The van der Waals surface area contributed by atoms with Gasteiger partial charge >= 0.3 is 6.09 Å². The predicted octanol–water partition coefficient (Wildman–Crippen LogP) is 3.99. The Balaban J connectivity index is 3.21. The largest absolute Gasteiger partial charge is 0.497 e. The van der Waals surface area contributed by atoms with E-state index in [2.05, 4.69) is 4.74 Å². The zero-order chi connectivity index (χ0) is 38.3. The van der Waals surface area contributed by atoms with Crippen molar-refractivity contribution in [1.82, 2.24) is 9.21 Å². The molecule has 0 aromatic heterocycles. The van der Waals surface area contributed by atoms with Crippen LogP contribution in [0, 0.1) is 5.92 Å². The molecular weight excluding hydrogens is 506 g/mol. The molecule has 0 heterocycles. The molecule has 0 fully saturated rings. The van der Waals surface area contributed by atoms with E-state index < -0.39 is 124 Å². The first-order valence-electron chi connectivity index (χ1n) is 16.8. The molecule has 0 saturated heterocycles. The molecule has 206 valence electrons. The number of amides is 1. The highest BCUT2D eigenvalue weighted by Crippen LogP contribution is 2.26. The molecule has 2 aromatic carbocycles. The Kier molecular flexibility index (Phi) is 6.03. The van der Waals surface area contributed by atoms with Gasteiger partial charge in [-0.1, -0.05) is 30.3 Å². The molecule has 2 atom stereocenters. The van der Waals surface area contributed by atoms with E-state index in [0.29, 0.717) is 0 Å². The summed E-state index contributed by atoms with van der Waals surface area (Å²) < 4.78 is 162. The minimum atomic E-state index is -5.37. The maximum atomic E-state index is 13.9. The molecule has 0 unspecified atom stereocenters. The van der Waals surface area contributed by atoms with E-state index in [4.69, 9.17) is 15.1 Å². The second-order valence-electron chi connectivity index (χ2n) is 8.57. The van der Waals surface area contributed by atoms with Crippen LogP contribution in [0.5, 0.6) is 5.75 Å². The van der Waals surface area contributed by atoms with E-state index in [-0.39, 0.29) is 4.90 Å². The van der Waals surface area contributed by atoms with Crippen molar-refractivity contribution in [1.29, 1.82) is 0 Å². The van der Waals surface area contributed by atoms with Gasteiger partial charge in [-0.05, 0) is 56.9 Å². The van der Waals surface area contributed by atoms with Crippen LogP contribution < -0.4 is 4.74 Å². The standard InChI is InChI=1S/C26H36F2N2O6S/c1-26(2,3)30(25(32)33)23(14-19-10-12-21(36-4)13-11-19)24(31)18-29(17-20(15-27)16-28)37(34,35)22-8-6-5-7-9-22/h5-13,20,23-24,31H,14-18H2,1-4H3,(H,32,33)/t23-,24+/m0/s1/i4D2,10D,11D,12D,13D,14D2,18D2,23D,24D. The number of alkyl halides is 2. The van der Waals surface area contributed by atoms with E-state index in [9.17, 15) is 33.6 Å². The third kappa shape index (κ3) is 8.11. The Morgan fingerprint density at radius 2 is 1.78 bits per heavy atom. The van der Waals surface area contributed by atoms with Crippen LogP contribution in [0.1, 0.15) is 42.8 Å². The van der Waals surface area contributed by atoms with Crippen LogP contribution in [0.25, 0.3) is 0 Å². The van der Waals surface area contributed by atoms with Gasteiger partial charge in [-0.15, -0.1) is 0 Å². The number of benzene rings is 2. The van der Waals surface area contributed by atoms with E-state index in [1.807, 2.05) is 0 Å². The van der Waals surface area contributed by atoms with Crippen molar-refractivity contribution in [3.8, 4) is 5.75 Å². The summed E-state index contributed by atoms with van der Waals surface area (Å²) in [6.45, 7) is -6.01. The molecule has 0 bridgehead atoms. The number of hydrogen-bond donors (Lipinski definition) is 2. The van der Waals surface area contributed by atoms with Crippen molar-refractivity contribution in [3.05, 3.63) is 60.1 Å². The van der Waals surface area contributed by atoms with Crippen LogP contribution >= 0.6 is 0 Å². The average molecular weight is 555 g/mol. The fourth-order valence-corrected chi connectivity index (χ4v) is 4.32. The Morgan fingerprint density at radius 3 is 2.27 bits per heavy atom. The number of halogens is 2. The highest BCUT2D eigenvalue weighted by Gasteiger charge is 2.40. The molecule has 0 aliphatic rings. The molecule has 0 saturated carbocycles. The molecule has 8 nitrogen and oxygen atoms in total. The molecule has 2 aromatic rings. The lowest BCUT2D eigenvalue weighted by atomic mass is 9.94. The van der Waals surface area contributed by atoms with Gasteiger partial charge in [0, 0.05) is 30.0 Å². The first kappa shape index (κ1) is 17.0. The van der Waals surface area contributed by atoms with Gasteiger partial charge in [0.2, 0.25) is 10.0 Å². The quantitative estimate of drug-likeness (QED) is 0.388. The zero-order valence-electron chi connectivity index (χ0n) is 32.2. The summed E-state index contributed by atoms with van der Waals surface area (Å²) in [5, 5.41) is 22.3. The lowest BCUT2D eigenvalue weighted by Gasteiger charge is -2.42. The lowest BCUT2D eigenvalue weighted by Crippen LogP contribution is -2.58. The summed E-state index contributed by atoms with van der Waals surface area (Å²) in [4.78, 5) is 11.8. The third-order valence-electron chi connectivity index (χ3n) is 4.70. The number of carboxylic acid groups (broad SMARTS) is 1.